The maximum Gasteiger partial charge on any atom is 0.408 e. The molecule has 510 valence electrons. The zero-order valence-corrected chi connectivity index (χ0v) is 55.7. The van der Waals surface area contributed by atoms with Gasteiger partial charge in [0, 0.05) is 33.4 Å². The number of ether oxygens (including phenoxy) is 12. The lowest BCUT2D eigenvalue weighted by Gasteiger charge is -2.50. The van der Waals surface area contributed by atoms with E-state index in [0.29, 0.717) is 6.26 Å². The third-order valence-corrected chi connectivity index (χ3v) is 13.1. The van der Waals surface area contributed by atoms with Crippen LogP contribution in [0.15, 0.2) is 30.3 Å². The van der Waals surface area contributed by atoms with Crippen LogP contribution in [0.1, 0.15) is 161 Å². The van der Waals surface area contributed by atoms with Crippen LogP contribution >= 0.6 is 0 Å². The summed E-state index contributed by atoms with van der Waals surface area (Å²) in [6, 6.07) is 1.75. The van der Waals surface area contributed by atoms with Crippen LogP contribution in [0.5, 0.6) is 0 Å². The van der Waals surface area contributed by atoms with E-state index < -0.39 is 184 Å². The number of amides is 6. The summed E-state index contributed by atoms with van der Waals surface area (Å²) in [6.45, 7) is 27.1. The maximum absolute atomic E-state index is 14.9. The van der Waals surface area contributed by atoms with Gasteiger partial charge in [-0.15, -0.1) is 0 Å². The van der Waals surface area contributed by atoms with E-state index in [1.807, 2.05) is 0 Å². The van der Waals surface area contributed by atoms with Gasteiger partial charge in [-0.1, -0.05) is 18.2 Å². The van der Waals surface area contributed by atoms with E-state index in [0.717, 1.165) is 13.8 Å². The van der Waals surface area contributed by atoms with Crippen LogP contribution < -0.4 is 31.9 Å². The monoisotopic (exact) mass is 1300 g/mol. The second kappa shape index (κ2) is 31.5. The minimum atomic E-state index is -4.79. The summed E-state index contributed by atoms with van der Waals surface area (Å²) in [5.41, 5.74) is -5.04. The molecule has 1 aromatic carbocycles. The van der Waals surface area contributed by atoms with Crippen molar-refractivity contribution in [1.82, 2.24) is 31.9 Å². The highest BCUT2D eigenvalue weighted by molar-refractivity contribution is 7.86. The maximum atomic E-state index is 14.9. The normalized spacial score (nSPS) is 26.1. The van der Waals surface area contributed by atoms with Crippen molar-refractivity contribution in [1.29, 1.82) is 0 Å². The summed E-state index contributed by atoms with van der Waals surface area (Å²) in [5, 5.41) is 16.0. The van der Waals surface area contributed by atoms with E-state index >= 15 is 0 Å². The first-order valence-electron chi connectivity index (χ1n) is 29.6. The first kappa shape index (κ1) is 75.7. The van der Waals surface area contributed by atoms with E-state index in [4.69, 9.17) is 61.0 Å². The van der Waals surface area contributed by atoms with E-state index in [2.05, 4.69) is 31.9 Å². The molecule has 3 fully saturated rings. The number of hydrogen-bond acceptors (Lipinski definition) is 24. The highest BCUT2D eigenvalue weighted by Gasteiger charge is 2.57. The second-order valence-electron chi connectivity index (χ2n) is 26.9. The summed E-state index contributed by atoms with van der Waals surface area (Å²) < 4.78 is 106. The summed E-state index contributed by atoms with van der Waals surface area (Å²) in [4.78, 5) is 122. The highest BCUT2D eigenvalue weighted by atomic mass is 32.2. The largest absolute Gasteiger partial charge is 0.455 e. The zero-order chi connectivity index (χ0) is 68.1. The smallest absolute Gasteiger partial charge is 0.408 e. The number of rotatable bonds is 20. The van der Waals surface area contributed by atoms with Gasteiger partial charge in [-0.3, -0.25) is 18.6 Å². The van der Waals surface area contributed by atoms with Gasteiger partial charge in [0.1, 0.15) is 52.4 Å². The molecule has 2 aliphatic heterocycles. The van der Waals surface area contributed by atoms with Crippen LogP contribution in [-0.4, -0.2) is 196 Å². The van der Waals surface area contributed by atoms with Gasteiger partial charge in [-0.2, -0.15) is 8.42 Å². The highest BCUT2D eigenvalue weighted by Crippen LogP contribution is 2.37. The molecule has 31 heteroatoms. The molecule has 90 heavy (non-hydrogen) atoms. The Bertz CT molecular complexity index is 2760. The molecule has 4 rings (SSSR count). The quantitative estimate of drug-likeness (QED) is 0.0537. The summed E-state index contributed by atoms with van der Waals surface area (Å²) >= 11 is 0. The van der Waals surface area contributed by atoms with Crippen LogP contribution in [0, 0.1) is 0 Å². The Balaban J connectivity index is 2.03. The second-order valence-corrected chi connectivity index (χ2v) is 28.5. The Hall–Kier alpha value is -6.80. The fourth-order valence-corrected chi connectivity index (χ4v) is 10.1. The molecule has 0 aromatic heterocycles. The Morgan fingerprint density at radius 1 is 0.544 bits per heavy atom. The van der Waals surface area contributed by atoms with Crippen molar-refractivity contribution >= 4 is 64.4 Å². The SMILES string of the molecule is CC(=O)OC1[C@H](O[C@H]2C(OS(C)(=O)=O)C(O[C@@H]3OC(CNC(=O)OC(C)(C)C)CCC3NC(=O)OC(C)(C)C)[C@@H](NC(=O)OC(C)(C)C)C[C@H]2NC(=O)[C@H](CCNC(=O)OC(C)(C)C)OC(C)=O)OC(C)[C@H](OC(=O)c2ccccc2)[C@@H]1NC(=O)OC(C)(C)C. The van der Waals surface area contributed by atoms with Gasteiger partial charge in [-0.25, -0.2) is 28.8 Å². The van der Waals surface area contributed by atoms with Crippen molar-refractivity contribution < 1.29 is 113 Å². The lowest BCUT2D eigenvalue weighted by atomic mass is 9.83. The fourth-order valence-electron chi connectivity index (χ4n) is 9.46. The molecular weight excluding hydrogens is 1210 g/mol. The third-order valence-electron chi connectivity index (χ3n) is 12.6. The van der Waals surface area contributed by atoms with Crippen LogP contribution in [0.3, 0.4) is 0 Å². The lowest BCUT2D eigenvalue weighted by molar-refractivity contribution is -0.310. The van der Waals surface area contributed by atoms with Crippen molar-refractivity contribution in [2.24, 2.45) is 0 Å². The molecule has 6 N–H and O–H groups in total. The number of nitrogens with one attached hydrogen (secondary N) is 6. The van der Waals surface area contributed by atoms with Gasteiger partial charge in [-0.05, 0) is 142 Å². The number of esters is 3. The van der Waals surface area contributed by atoms with Crippen LogP contribution in [-0.2, 0) is 85.5 Å². The molecule has 3 aliphatic rings. The molecule has 2 heterocycles. The Labute approximate surface area is 526 Å². The summed E-state index contributed by atoms with van der Waals surface area (Å²) in [5.74, 6) is -3.92. The van der Waals surface area contributed by atoms with Crippen LogP contribution in [0.25, 0.3) is 0 Å². The van der Waals surface area contributed by atoms with Crippen molar-refractivity contribution in [2.45, 2.75) is 264 Å². The van der Waals surface area contributed by atoms with Crippen molar-refractivity contribution in [3.63, 3.8) is 0 Å². The fraction of sp³-hybridized carbons (Fsp3) is 0.746. The van der Waals surface area contributed by atoms with Gasteiger partial charge in [0.15, 0.2) is 30.9 Å². The van der Waals surface area contributed by atoms with Gasteiger partial charge in [0.25, 0.3) is 16.0 Å². The van der Waals surface area contributed by atoms with Crippen molar-refractivity contribution in [2.75, 3.05) is 19.3 Å². The van der Waals surface area contributed by atoms with Crippen molar-refractivity contribution in [3.8, 4) is 0 Å². The van der Waals surface area contributed by atoms with E-state index in [-0.39, 0.29) is 37.9 Å². The first-order chi connectivity index (χ1) is 41.2. The molecule has 0 radical (unpaired) electrons. The van der Waals surface area contributed by atoms with Crippen molar-refractivity contribution in [3.05, 3.63) is 35.9 Å². The van der Waals surface area contributed by atoms with Gasteiger partial charge in [0.05, 0.1) is 42.2 Å². The minimum absolute atomic E-state index is 0.0535. The van der Waals surface area contributed by atoms with Gasteiger partial charge >= 0.3 is 48.4 Å². The molecule has 0 bridgehead atoms. The van der Waals surface area contributed by atoms with Crippen LogP contribution in [0.4, 0.5) is 24.0 Å². The molecule has 1 saturated carbocycles. The molecule has 14 atom stereocenters. The van der Waals surface area contributed by atoms with Gasteiger partial charge in [0.2, 0.25) is 0 Å². The summed E-state index contributed by atoms with van der Waals surface area (Å²) in [6.07, 6.45) is -21.8. The number of carbonyl (C=O) groups excluding carboxylic acids is 9. The number of alkyl carbamates (subject to hydrolysis) is 5. The zero-order valence-electron chi connectivity index (χ0n) is 54.9. The number of hydrogen-bond donors (Lipinski definition) is 6. The molecule has 1 aromatic rings. The minimum Gasteiger partial charge on any atom is -0.455 e. The molecule has 30 nitrogen and oxygen atoms in total. The predicted octanol–water partition coefficient (Wildman–Crippen LogP) is 5.45. The molecule has 1 aliphatic carbocycles. The molecule has 6 amide bonds. The summed E-state index contributed by atoms with van der Waals surface area (Å²) in [7, 11) is -4.79. The predicted molar refractivity (Wildman–Crippen MR) is 318 cm³/mol. The standard InChI is InChI=1S/C59H94N6O24S/c1-31-41(81-47(69)34-23-21-20-22-24-34)40(65-54(74)88-59(16,17)18)44(79-33(3)67)49(77-31)83-42-37(62-46(68)39(78-32(2)66)27-28-60-50(70)84-55(4,5)6)29-38(64-53(73)87-58(13,14)15)43(45(42)89-90(19,75)76)82-48-36(63-52(72)86-57(10,11)12)26-25-35(80-48)30-61-51(71)85-56(7,8)9/h20-24,31,35-45,48-49H,25-30H2,1-19H3,(H,60,70)(H,61,71)(H,62,68)(H,63,72)(H,64,73)(H,65,74)/t31?,35?,36?,37-,38+,39+,40+,41+,42-,43?,44?,45?,48+,49+/m1/s1. The number of carbonyl (C=O) groups is 9. The Kier molecular flexibility index (Phi) is 26.5. The Morgan fingerprint density at radius 3 is 1.52 bits per heavy atom. The molecular formula is C59H94N6O24S. The first-order valence-corrected chi connectivity index (χ1v) is 31.4. The molecule has 6 unspecified atom stereocenters. The van der Waals surface area contributed by atoms with Gasteiger partial charge < -0.3 is 88.7 Å². The molecule has 0 spiro atoms. The lowest BCUT2D eigenvalue weighted by Crippen LogP contribution is -2.71. The average Bonchev–Trinajstić information content (AvgIpc) is 0.831. The van der Waals surface area contributed by atoms with E-state index in [1.165, 1.54) is 19.1 Å². The third kappa shape index (κ3) is 27.0. The van der Waals surface area contributed by atoms with E-state index in [1.54, 1.807) is 122 Å². The topological polar surface area (TPSA) is 380 Å². The molecule has 2 saturated heterocycles. The van der Waals surface area contributed by atoms with E-state index in [9.17, 15) is 51.6 Å². The number of benzene rings is 1. The van der Waals surface area contributed by atoms with Crippen LogP contribution in [0.2, 0.25) is 0 Å². The Morgan fingerprint density at radius 2 is 1.02 bits per heavy atom. The average molecular weight is 1300 g/mol.